The van der Waals surface area contributed by atoms with E-state index in [1.54, 1.807) is 6.07 Å². The molecule has 112 valence electrons. The molecular formula is C15H17FN2O2S. The van der Waals surface area contributed by atoms with E-state index in [2.05, 4.69) is 16.5 Å². The van der Waals surface area contributed by atoms with Crippen molar-refractivity contribution in [3.05, 3.63) is 24.0 Å². The van der Waals surface area contributed by atoms with E-state index in [0.29, 0.717) is 22.6 Å². The highest BCUT2D eigenvalue weighted by Gasteiger charge is 2.28. The zero-order valence-electron chi connectivity index (χ0n) is 11.8. The van der Waals surface area contributed by atoms with Crippen molar-refractivity contribution in [3.8, 4) is 0 Å². The lowest BCUT2D eigenvalue weighted by Gasteiger charge is -2.20. The van der Waals surface area contributed by atoms with Crippen LogP contribution in [-0.2, 0) is 4.79 Å². The normalized spacial score (nSPS) is 22.0. The molecule has 0 bridgehead atoms. The van der Waals surface area contributed by atoms with Crippen molar-refractivity contribution in [1.82, 2.24) is 9.55 Å². The second-order valence-corrected chi connectivity index (χ2v) is 6.50. The number of fused-ring (bicyclic) bond motifs is 1. The van der Waals surface area contributed by atoms with Gasteiger partial charge in [-0.2, -0.15) is 0 Å². The molecule has 1 N–H and O–H groups in total. The number of imidazole rings is 1. The summed E-state index contributed by atoms with van der Waals surface area (Å²) in [6.07, 6.45) is 3.38. The second kappa shape index (κ2) is 5.67. The highest BCUT2D eigenvalue weighted by molar-refractivity contribution is 7.99. The summed E-state index contributed by atoms with van der Waals surface area (Å²) in [5.74, 6) is -0.699. The molecule has 1 aromatic heterocycles. The topological polar surface area (TPSA) is 55.1 Å². The van der Waals surface area contributed by atoms with Gasteiger partial charge < -0.3 is 9.67 Å². The standard InChI is InChI=1S/C15H17FN2O2S/c1-9-3-2-4-12(9)18-13-6-5-10(16)7-11(13)17-15(18)21-8-14(19)20/h5-7,9,12H,2-4,8H2,1H3,(H,19,20). The molecule has 1 aromatic carbocycles. The molecule has 2 unspecified atom stereocenters. The summed E-state index contributed by atoms with van der Waals surface area (Å²) < 4.78 is 15.5. The maximum atomic E-state index is 13.4. The van der Waals surface area contributed by atoms with Gasteiger partial charge in [0, 0.05) is 12.1 Å². The Bertz CT molecular complexity index is 686. The predicted molar refractivity (Wildman–Crippen MR) is 80.1 cm³/mol. The lowest BCUT2D eigenvalue weighted by atomic mass is 10.1. The zero-order valence-corrected chi connectivity index (χ0v) is 12.6. The molecule has 2 aromatic rings. The molecule has 1 fully saturated rings. The number of aromatic nitrogens is 2. The van der Waals surface area contributed by atoms with Gasteiger partial charge in [-0.25, -0.2) is 9.37 Å². The summed E-state index contributed by atoms with van der Waals surface area (Å²) in [4.78, 5) is 15.3. The fourth-order valence-electron chi connectivity index (χ4n) is 3.11. The second-order valence-electron chi connectivity index (χ2n) is 5.56. The van der Waals surface area contributed by atoms with Crippen molar-refractivity contribution in [1.29, 1.82) is 0 Å². The summed E-state index contributed by atoms with van der Waals surface area (Å²) in [6.45, 7) is 2.21. The number of aliphatic carboxylic acids is 1. The number of hydrogen-bond donors (Lipinski definition) is 1. The van der Waals surface area contributed by atoms with Crippen LogP contribution in [0.2, 0.25) is 0 Å². The van der Waals surface area contributed by atoms with Crippen molar-refractivity contribution >= 4 is 28.8 Å². The van der Waals surface area contributed by atoms with Crippen LogP contribution in [0.25, 0.3) is 11.0 Å². The van der Waals surface area contributed by atoms with Crippen molar-refractivity contribution < 1.29 is 14.3 Å². The first kappa shape index (κ1) is 14.4. The molecule has 0 aliphatic heterocycles. The molecule has 4 nitrogen and oxygen atoms in total. The molecular weight excluding hydrogens is 291 g/mol. The van der Waals surface area contributed by atoms with Crippen LogP contribution in [0.4, 0.5) is 4.39 Å². The van der Waals surface area contributed by atoms with E-state index in [1.807, 2.05) is 0 Å². The Morgan fingerprint density at radius 3 is 3.00 bits per heavy atom. The van der Waals surface area contributed by atoms with Gasteiger partial charge in [-0.3, -0.25) is 4.79 Å². The van der Waals surface area contributed by atoms with E-state index in [1.165, 1.54) is 23.9 Å². The first-order chi connectivity index (χ1) is 10.1. The van der Waals surface area contributed by atoms with Crippen LogP contribution in [0.5, 0.6) is 0 Å². The largest absolute Gasteiger partial charge is 0.481 e. The Labute approximate surface area is 126 Å². The van der Waals surface area contributed by atoms with Gasteiger partial charge in [0.15, 0.2) is 5.16 Å². The zero-order chi connectivity index (χ0) is 15.0. The van der Waals surface area contributed by atoms with Gasteiger partial charge in [0.05, 0.1) is 16.8 Å². The molecule has 0 radical (unpaired) electrons. The van der Waals surface area contributed by atoms with Crippen LogP contribution in [0.1, 0.15) is 32.2 Å². The Kier molecular flexibility index (Phi) is 3.89. The molecule has 0 saturated heterocycles. The van der Waals surface area contributed by atoms with Gasteiger partial charge in [-0.1, -0.05) is 25.1 Å². The minimum Gasteiger partial charge on any atom is -0.481 e. The fourth-order valence-corrected chi connectivity index (χ4v) is 3.90. The van der Waals surface area contributed by atoms with Gasteiger partial charge in [0.25, 0.3) is 0 Å². The van der Waals surface area contributed by atoms with Crippen molar-refractivity contribution in [2.75, 3.05) is 5.75 Å². The molecule has 3 rings (SSSR count). The number of carboxylic acids is 1. The van der Waals surface area contributed by atoms with Gasteiger partial charge >= 0.3 is 5.97 Å². The predicted octanol–water partition coefficient (Wildman–Crippen LogP) is 3.71. The minimum absolute atomic E-state index is 0.0348. The number of nitrogens with zero attached hydrogens (tertiary/aromatic N) is 2. The number of halogens is 1. The Morgan fingerprint density at radius 2 is 2.33 bits per heavy atom. The summed E-state index contributed by atoms with van der Waals surface area (Å²) >= 11 is 1.21. The van der Waals surface area contributed by atoms with E-state index < -0.39 is 5.97 Å². The monoisotopic (exact) mass is 308 g/mol. The third-order valence-corrected chi connectivity index (χ3v) is 5.03. The summed E-state index contributed by atoms with van der Waals surface area (Å²) in [5, 5.41) is 9.56. The number of carboxylic acid groups (broad SMARTS) is 1. The maximum absolute atomic E-state index is 13.4. The highest BCUT2D eigenvalue weighted by atomic mass is 32.2. The highest BCUT2D eigenvalue weighted by Crippen LogP contribution is 2.40. The number of rotatable bonds is 4. The first-order valence-corrected chi connectivity index (χ1v) is 8.07. The fraction of sp³-hybridized carbons (Fsp3) is 0.467. The van der Waals surface area contributed by atoms with Crippen LogP contribution < -0.4 is 0 Å². The molecule has 0 spiro atoms. The number of thioether (sulfide) groups is 1. The van der Waals surface area contributed by atoms with Crippen molar-refractivity contribution in [3.63, 3.8) is 0 Å². The molecule has 1 saturated carbocycles. The van der Waals surface area contributed by atoms with E-state index >= 15 is 0 Å². The molecule has 2 atom stereocenters. The van der Waals surface area contributed by atoms with Gasteiger partial charge in [0.2, 0.25) is 0 Å². The third-order valence-electron chi connectivity index (χ3n) is 4.09. The number of hydrogen-bond acceptors (Lipinski definition) is 3. The molecule has 1 aliphatic rings. The SMILES string of the molecule is CC1CCCC1n1c(SCC(=O)O)nc2cc(F)ccc21. The maximum Gasteiger partial charge on any atom is 0.313 e. The van der Waals surface area contributed by atoms with Crippen LogP contribution >= 0.6 is 11.8 Å². The number of benzene rings is 1. The average Bonchev–Trinajstić information content (AvgIpc) is 2.98. The Hall–Kier alpha value is -1.56. The lowest BCUT2D eigenvalue weighted by Crippen LogP contribution is -2.13. The smallest absolute Gasteiger partial charge is 0.313 e. The Balaban J connectivity index is 2.08. The van der Waals surface area contributed by atoms with Gasteiger partial charge in [0.1, 0.15) is 5.82 Å². The van der Waals surface area contributed by atoms with Crippen molar-refractivity contribution in [2.45, 2.75) is 37.4 Å². The lowest BCUT2D eigenvalue weighted by molar-refractivity contribution is -0.133. The minimum atomic E-state index is -0.871. The molecule has 0 amide bonds. The molecule has 6 heteroatoms. The third kappa shape index (κ3) is 2.77. The van der Waals surface area contributed by atoms with E-state index in [-0.39, 0.29) is 11.6 Å². The van der Waals surface area contributed by atoms with Gasteiger partial charge in [-0.05, 0) is 30.9 Å². The van der Waals surface area contributed by atoms with Crippen LogP contribution in [0.3, 0.4) is 0 Å². The van der Waals surface area contributed by atoms with E-state index in [9.17, 15) is 9.18 Å². The summed E-state index contributed by atoms with van der Waals surface area (Å²) in [5.41, 5.74) is 1.49. The van der Waals surface area contributed by atoms with Crippen LogP contribution in [0, 0.1) is 11.7 Å². The van der Waals surface area contributed by atoms with Crippen molar-refractivity contribution in [2.24, 2.45) is 5.92 Å². The molecule has 21 heavy (non-hydrogen) atoms. The number of carbonyl (C=O) groups is 1. The first-order valence-electron chi connectivity index (χ1n) is 7.08. The molecule has 1 aliphatic carbocycles. The summed E-state index contributed by atoms with van der Waals surface area (Å²) in [6, 6.07) is 4.91. The quantitative estimate of drug-likeness (QED) is 0.875. The van der Waals surface area contributed by atoms with Crippen LogP contribution in [-0.4, -0.2) is 26.4 Å². The van der Waals surface area contributed by atoms with E-state index in [0.717, 1.165) is 24.8 Å². The van der Waals surface area contributed by atoms with Gasteiger partial charge in [-0.15, -0.1) is 0 Å². The van der Waals surface area contributed by atoms with Crippen LogP contribution in [0.15, 0.2) is 23.4 Å². The Morgan fingerprint density at radius 1 is 1.52 bits per heavy atom. The molecule has 1 heterocycles. The average molecular weight is 308 g/mol. The van der Waals surface area contributed by atoms with E-state index in [4.69, 9.17) is 5.11 Å². The summed E-state index contributed by atoms with van der Waals surface area (Å²) in [7, 11) is 0.